The Morgan fingerprint density at radius 2 is 1.57 bits per heavy atom. The molecule has 11 N–H and O–H groups in total. The van der Waals surface area contributed by atoms with Gasteiger partial charge in [0.25, 0.3) is 0 Å². The minimum Gasteiger partial charge on any atom is -0.393 e. The van der Waals surface area contributed by atoms with Gasteiger partial charge in [0.15, 0.2) is 22.8 Å². The van der Waals surface area contributed by atoms with E-state index in [2.05, 4.69) is 77.8 Å². The average molecular weight is 1070 g/mol. The van der Waals surface area contributed by atoms with Crippen LogP contribution in [0.2, 0.25) is 0 Å². The standard InChI is InChI=1S/C41H68N7O18P3S/c1-4-5-6-7-8-9-10-11-12-13-14-15-16-17-18-19-29(49)24-32(51)70-23-22-43-31(50)20-21-44-39(54)36(53)41(2,3)26-63-69(60,61)66-68(58,59)62-25-30-35(65-67(55,56)57)34(52)40(64-30)48-28-47-33-37(42)45-27-46-38(33)48/h5-6,8-9,11-12,27-30,34-36,40,49,52-53H,4,7,10,13-26H2,1-3H3,(H,43,50)(H,44,54)(H,58,59)(H,60,61)(H2,42,45,46)(H2,55,56,57)/b6-5-,9-8-,12-11-/t29-,30-,34-,35-,36+,40-/m1/s1. The van der Waals surface area contributed by atoms with Crippen molar-refractivity contribution in [3.63, 3.8) is 0 Å². The van der Waals surface area contributed by atoms with Gasteiger partial charge in [0.2, 0.25) is 11.8 Å². The number of rotatable bonds is 34. The number of anilines is 1. The zero-order valence-corrected chi connectivity index (χ0v) is 42.8. The molecule has 2 unspecified atom stereocenters. The molecule has 70 heavy (non-hydrogen) atoms. The molecule has 8 atom stereocenters. The van der Waals surface area contributed by atoms with Crippen LogP contribution in [0.4, 0.5) is 5.82 Å². The van der Waals surface area contributed by atoms with E-state index >= 15 is 0 Å². The minimum atomic E-state index is -5.59. The molecule has 0 aliphatic carbocycles. The summed E-state index contributed by atoms with van der Waals surface area (Å²) in [4.78, 5) is 88.5. The number of carbonyl (C=O) groups is 3. The largest absolute Gasteiger partial charge is 0.481 e. The third-order valence-corrected chi connectivity index (χ3v) is 14.4. The zero-order valence-electron chi connectivity index (χ0n) is 39.3. The first kappa shape index (κ1) is 61.0. The summed E-state index contributed by atoms with van der Waals surface area (Å²) in [5.74, 6) is -1.24. The van der Waals surface area contributed by atoms with Crippen molar-refractivity contribution in [2.45, 2.75) is 135 Å². The lowest BCUT2D eigenvalue weighted by molar-refractivity contribution is -0.137. The lowest BCUT2D eigenvalue weighted by Gasteiger charge is -2.30. The van der Waals surface area contributed by atoms with E-state index in [0.29, 0.717) is 6.42 Å². The molecule has 1 fully saturated rings. The highest BCUT2D eigenvalue weighted by molar-refractivity contribution is 8.13. The molecule has 2 amide bonds. The van der Waals surface area contributed by atoms with Crippen LogP contribution in [-0.4, -0.2) is 134 Å². The number of aliphatic hydroxyl groups is 3. The first-order valence-electron chi connectivity index (χ1n) is 22.6. The van der Waals surface area contributed by atoms with E-state index < -0.39 is 90.7 Å². The highest BCUT2D eigenvalue weighted by Crippen LogP contribution is 2.61. The average Bonchev–Trinajstić information content (AvgIpc) is 3.84. The second-order valence-corrected chi connectivity index (χ2v) is 22.2. The molecule has 0 spiro atoms. The normalized spacial score (nSPS) is 20.5. The first-order valence-corrected chi connectivity index (χ1v) is 28.1. The predicted octanol–water partition coefficient (Wildman–Crippen LogP) is 4.01. The van der Waals surface area contributed by atoms with Gasteiger partial charge in [0.05, 0.1) is 25.6 Å². The molecule has 1 saturated heterocycles. The number of unbranched alkanes of at least 4 members (excludes halogenated alkanes) is 5. The number of imidazole rings is 1. The fourth-order valence-corrected chi connectivity index (χ4v) is 10.2. The summed E-state index contributed by atoms with van der Waals surface area (Å²) >= 11 is 0.989. The molecule has 0 aromatic carbocycles. The molecule has 2 aromatic heterocycles. The number of aliphatic hydroxyl groups excluding tert-OH is 3. The van der Waals surface area contributed by atoms with Crippen LogP contribution < -0.4 is 16.4 Å². The van der Waals surface area contributed by atoms with Crippen LogP contribution >= 0.6 is 35.2 Å². The molecule has 1 aliphatic rings. The summed E-state index contributed by atoms with van der Waals surface area (Å²) in [5.41, 5.74) is 4.25. The number of nitrogen functional groups attached to an aromatic ring is 1. The Labute approximate surface area is 410 Å². The van der Waals surface area contributed by atoms with E-state index in [0.717, 1.165) is 86.8 Å². The van der Waals surface area contributed by atoms with E-state index in [1.807, 2.05) is 0 Å². The van der Waals surface area contributed by atoms with Gasteiger partial charge < -0.3 is 56.0 Å². The smallest absolute Gasteiger partial charge is 0.393 e. The molecule has 1 aliphatic heterocycles. The summed E-state index contributed by atoms with van der Waals surface area (Å²) in [6.07, 6.45) is 15.0. The molecule has 29 heteroatoms. The lowest BCUT2D eigenvalue weighted by atomic mass is 9.87. The Hall–Kier alpha value is -3.26. The first-order chi connectivity index (χ1) is 32.9. The molecule has 2 aromatic rings. The van der Waals surface area contributed by atoms with Crippen LogP contribution in [-0.2, 0) is 50.7 Å². The van der Waals surface area contributed by atoms with Crippen molar-refractivity contribution in [1.29, 1.82) is 0 Å². The zero-order chi connectivity index (χ0) is 52.0. The number of ether oxygens (including phenoxy) is 1. The molecule has 0 saturated carbocycles. The van der Waals surface area contributed by atoms with Crippen molar-refractivity contribution in [2.24, 2.45) is 5.41 Å². The van der Waals surface area contributed by atoms with Gasteiger partial charge in [-0.05, 0) is 38.5 Å². The fraction of sp³-hybridized carbons (Fsp3) is 0.659. The number of hydrogen-bond donors (Lipinski definition) is 10. The van der Waals surface area contributed by atoms with E-state index in [1.54, 1.807) is 0 Å². The van der Waals surface area contributed by atoms with Crippen LogP contribution in [0, 0.1) is 5.41 Å². The maximum Gasteiger partial charge on any atom is 0.481 e. The van der Waals surface area contributed by atoms with Gasteiger partial charge in [-0.15, -0.1) is 0 Å². The van der Waals surface area contributed by atoms with Crippen LogP contribution in [0.25, 0.3) is 11.2 Å². The number of thioether (sulfide) groups is 1. The van der Waals surface area contributed by atoms with Crippen LogP contribution in [0.5, 0.6) is 0 Å². The number of nitrogens with two attached hydrogens (primary N) is 1. The van der Waals surface area contributed by atoms with Crippen molar-refractivity contribution >= 4 is 69.1 Å². The SMILES string of the molecule is CC/C=C\C/C=C\C/C=C\CCCCCCC[C@@H](O)CC(=O)SCCNC(=O)CCNC(=O)[C@H](O)C(C)(C)COP(=O)(O)OP(=O)(O)OC[C@H]1O[C@@H](n2cnc3c(N)ncnc32)[C@H](O)[C@@H]1OP(=O)(O)O. The van der Waals surface area contributed by atoms with Gasteiger partial charge in [-0.1, -0.05) is 94.7 Å². The Kier molecular flexibility index (Phi) is 26.2. The topological polar surface area (TPSA) is 384 Å². The van der Waals surface area contributed by atoms with Gasteiger partial charge in [-0.3, -0.25) is 32.5 Å². The number of nitrogens with one attached hydrogen (secondary N) is 2. The number of nitrogens with zero attached hydrogens (tertiary/aromatic N) is 4. The summed E-state index contributed by atoms with van der Waals surface area (Å²) < 4.78 is 62.4. The maximum atomic E-state index is 12.7. The number of amides is 2. The minimum absolute atomic E-state index is 0.00856. The molecular weight excluding hydrogens is 1000 g/mol. The summed E-state index contributed by atoms with van der Waals surface area (Å²) in [7, 11) is -16.4. The van der Waals surface area contributed by atoms with Gasteiger partial charge in [0.1, 0.15) is 36.3 Å². The van der Waals surface area contributed by atoms with Gasteiger partial charge in [0, 0.05) is 37.1 Å². The number of allylic oxidation sites excluding steroid dienone is 6. The number of aromatic nitrogens is 4. The van der Waals surface area contributed by atoms with Crippen molar-refractivity contribution in [1.82, 2.24) is 30.2 Å². The number of phosphoric ester groups is 3. The molecule has 3 rings (SSSR count). The van der Waals surface area contributed by atoms with Gasteiger partial charge >= 0.3 is 23.5 Å². The molecular formula is C41H68N7O18P3S. The van der Waals surface area contributed by atoms with Crippen LogP contribution in [0.1, 0.15) is 104 Å². The third-order valence-electron chi connectivity index (χ3n) is 10.4. The molecule has 0 radical (unpaired) electrons. The highest BCUT2D eigenvalue weighted by Gasteiger charge is 2.50. The summed E-state index contributed by atoms with van der Waals surface area (Å²) in [6.45, 7) is 2.49. The molecule has 396 valence electrons. The Morgan fingerprint density at radius 3 is 2.27 bits per heavy atom. The highest BCUT2D eigenvalue weighted by atomic mass is 32.2. The predicted molar refractivity (Wildman–Crippen MR) is 257 cm³/mol. The maximum absolute atomic E-state index is 12.7. The van der Waals surface area contributed by atoms with Gasteiger partial charge in [-0.2, -0.15) is 4.31 Å². The van der Waals surface area contributed by atoms with E-state index in [1.165, 1.54) is 13.8 Å². The number of carbonyl (C=O) groups excluding carboxylic acids is 3. The Balaban J connectivity index is 1.30. The van der Waals surface area contributed by atoms with E-state index in [-0.39, 0.29) is 53.8 Å². The van der Waals surface area contributed by atoms with E-state index in [9.17, 15) is 63.0 Å². The second-order valence-electron chi connectivity index (χ2n) is 16.8. The van der Waals surface area contributed by atoms with Gasteiger partial charge in [-0.25, -0.2) is 28.6 Å². The Morgan fingerprint density at radius 1 is 0.914 bits per heavy atom. The summed E-state index contributed by atoms with van der Waals surface area (Å²) in [6, 6.07) is 0. The summed E-state index contributed by atoms with van der Waals surface area (Å²) in [5, 5.41) is 36.6. The monoisotopic (exact) mass is 1070 g/mol. The van der Waals surface area contributed by atoms with Crippen molar-refractivity contribution in [2.75, 3.05) is 37.8 Å². The number of fused-ring (bicyclic) bond motifs is 1. The molecule has 3 heterocycles. The second kappa shape index (κ2) is 30.1. The van der Waals surface area contributed by atoms with Crippen LogP contribution in [0.3, 0.4) is 0 Å². The van der Waals surface area contributed by atoms with Crippen molar-refractivity contribution < 1.29 is 85.6 Å². The number of phosphoric acid groups is 3. The third kappa shape index (κ3) is 22.7. The Bertz CT molecular complexity index is 2210. The number of hydrogen-bond acceptors (Lipinski definition) is 19. The van der Waals surface area contributed by atoms with Crippen molar-refractivity contribution in [3.05, 3.63) is 49.1 Å². The van der Waals surface area contributed by atoms with E-state index in [4.69, 9.17) is 19.5 Å². The lowest BCUT2D eigenvalue weighted by Crippen LogP contribution is -2.46. The van der Waals surface area contributed by atoms with Crippen molar-refractivity contribution in [3.8, 4) is 0 Å². The van der Waals surface area contributed by atoms with Crippen LogP contribution in [0.15, 0.2) is 49.1 Å². The fourth-order valence-electron chi connectivity index (χ4n) is 6.65. The molecule has 25 nitrogen and oxygen atoms in total. The quantitative estimate of drug-likeness (QED) is 0.0269. The molecule has 0 bridgehead atoms.